The van der Waals surface area contributed by atoms with E-state index in [1.807, 2.05) is 23.8 Å². The van der Waals surface area contributed by atoms with Crippen molar-refractivity contribution >= 4 is 23.2 Å². The van der Waals surface area contributed by atoms with Crippen molar-refractivity contribution in [2.24, 2.45) is 5.92 Å². The summed E-state index contributed by atoms with van der Waals surface area (Å²) in [6, 6.07) is 1.83. The molecule has 0 aromatic carbocycles. The van der Waals surface area contributed by atoms with Crippen molar-refractivity contribution in [3.8, 4) is 0 Å². The Morgan fingerprint density at radius 2 is 2.32 bits per heavy atom. The largest absolute Gasteiger partial charge is 0.481 e. The lowest BCUT2D eigenvalue weighted by Crippen LogP contribution is -2.49. The minimum Gasteiger partial charge on any atom is -0.481 e. The number of piperidine rings is 1. The first-order valence-electron chi connectivity index (χ1n) is 6.63. The predicted octanol–water partition coefficient (Wildman–Crippen LogP) is 2.39. The van der Waals surface area contributed by atoms with Crippen LogP contribution in [0.15, 0.2) is 16.8 Å². The van der Waals surface area contributed by atoms with E-state index in [1.165, 1.54) is 5.56 Å². The molecule has 1 aliphatic heterocycles. The van der Waals surface area contributed by atoms with Gasteiger partial charge in [-0.05, 0) is 48.6 Å². The second-order valence-electron chi connectivity index (χ2n) is 5.05. The summed E-state index contributed by atoms with van der Waals surface area (Å²) in [5.74, 6) is -1.13. The number of hydrogen-bond acceptors (Lipinski definition) is 3. The monoisotopic (exact) mass is 281 g/mol. The van der Waals surface area contributed by atoms with Crippen molar-refractivity contribution in [1.29, 1.82) is 0 Å². The SMILES string of the molecule is C[C@@H]1[C@H](C(=O)O)CCCN1C(=O)CCc1ccsc1. The van der Waals surface area contributed by atoms with Crippen LogP contribution in [0.3, 0.4) is 0 Å². The van der Waals surface area contributed by atoms with Crippen LogP contribution in [-0.4, -0.2) is 34.5 Å². The Hall–Kier alpha value is -1.36. The van der Waals surface area contributed by atoms with Gasteiger partial charge in [0.25, 0.3) is 0 Å². The minimum absolute atomic E-state index is 0.0738. The number of nitrogens with zero attached hydrogens (tertiary/aromatic N) is 1. The van der Waals surface area contributed by atoms with E-state index in [0.29, 0.717) is 19.4 Å². The Morgan fingerprint density at radius 3 is 2.95 bits per heavy atom. The highest BCUT2D eigenvalue weighted by Gasteiger charge is 2.34. The van der Waals surface area contributed by atoms with Gasteiger partial charge in [0.2, 0.25) is 5.91 Å². The quantitative estimate of drug-likeness (QED) is 0.922. The average Bonchev–Trinajstić information content (AvgIpc) is 2.89. The molecule has 0 spiro atoms. The summed E-state index contributed by atoms with van der Waals surface area (Å²) < 4.78 is 0. The number of carboxylic acid groups (broad SMARTS) is 1. The molecule has 2 rings (SSSR count). The molecular formula is C14H19NO3S. The molecule has 104 valence electrons. The van der Waals surface area contributed by atoms with Gasteiger partial charge in [0.15, 0.2) is 0 Å². The van der Waals surface area contributed by atoms with E-state index in [2.05, 4.69) is 0 Å². The van der Waals surface area contributed by atoms with Gasteiger partial charge in [0.1, 0.15) is 0 Å². The van der Waals surface area contributed by atoms with Crippen LogP contribution < -0.4 is 0 Å². The van der Waals surface area contributed by atoms with E-state index >= 15 is 0 Å². The first kappa shape index (κ1) is 14.1. The Morgan fingerprint density at radius 1 is 1.53 bits per heavy atom. The fraction of sp³-hybridized carbons (Fsp3) is 0.571. The summed E-state index contributed by atoms with van der Waals surface area (Å²) in [4.78, 5) is 25.1. The fourth-order valence-electron chi connectivity index (χ4n) is 2.66. The van der Waals surface area contributed by atoms with E-state index in [4.69, 9.17) is 5.11 Å². The van der Waals surface area contributed by atoms with Gasteiger partial charge in [0.05, 0.1) is 5.92 Å². The standard InChI is InChI=1S/C14H19NO3S/c1-10-12(14(17)18)3-2-7-15(10)13(16)5-4-11-6-8-19-9-11/h6,8-10,12H,2-5,7H2,1H3,(H,17,18)/t10-,12-/m1/s1. The predicted molar refractivity (Wildman–Crippen MR) is 74.2 cm³/mol. The lowest BCUT2D eigenvalue weighted by molar-refractivity contribution is -0.149. The van der Waals surface area contributed by atoms with Crippen molar-refractivity contribution in [2.75, 3.05) is 6.54 Å². The zero-order valence-corrected chi connectivity index (χ0v) is 11.9. The van der Waals surface area contributed by atoms with Gasteiger partial charge in [-0.2, -0.15) is 11.3 Å². The van der Waals surface area contributed by atoms with Crippen molar-refractivity contribution in [3.05, 3.63) is 22.4 Å². The highest BCUT2D eigenvalue weighted by atomic mass is 32.1. The Kier molecular flexibility index (Phi) is 4.58. The number of aryl methyl sites for hydroxylation is 1. The summed E-state index contributed by atoms with van der Waals surface area (Å²) in [5.41, 5.74) is 1.18. The van der Waals surface area contributed by atoms with Crippen LogP contribution in [0.1, 0.15) is 31.7 Å². The molecule has 2 atom stereocenters. The lowest BCUT2D eigenvalue weighted by Gasteiger charge is -2.37. The van der Waals surface area contributed by atoms with Gasteiger partial charge in [-0.1, -0.05) is 0 Å². The number of thiophene rings is 1. The Bertz CT molecular complexity index is 444. The summed E-state index contributed by atoms with van der Waals surface area (Å²) in [7, 11) is 0. The first-order valence-corrected chi connectivity index (χ1v) is 7.57. The zero-order valence-electron chi connectivity index (χ0n) is 11.0. The van der Waals surface area contributed by atoms with E-state index < -0.39 is 11.9 Å². The molecule has 0 aliphatic carbocycles. The maximum Gasteiger partial charge on any atom is 0.308 e. The molecule has 2 heterocycles. The summed E-state index contributed by atoms with van der Waals surface area (Å²) in [5, 5.41) is 13.2. The molecular weight excluding hydrogens is 262 g/mol. The summed E-state index contributed by atoms with van der Waals surface area (Å²) in [6.07, 6.45) is 2.66. The number of likely N-dealkylation sites (tertiary alicyclic amines) is 1. The van der Waals surface area contributed by atoms with E-state index in [-0.39, 0.29) is 11.9 Å². The second kappa shape index (κ2) is 6.19. The van der Waals surface area contributed by atoms with E-state index in [9.17, 15) is 9.59 Å². The first-order chi connectivity index (χ1) is 9.09. The lowest BCUT2D eigenvalue weighted by atomic mass is 9.90. The van der Waals surface area contributed by atoms with Gasteiger partial charge in [0, 0.05) is 19.0 Å². The molecule has 0 radical (unpaired) electrons. The maximum absolute atomic E-state index is 12.2. The third-order valence-corrected chi connectivity index (χ3v) is 4.57. The van der Waals surface area contributed by atoms with Gasteiger partial charge >= 0.3 is 5.97 Å². The molecule has 19 heavy (non-hydrogen) atoms. The highest BCUT2D eigenvalue weighted by Crippen LogP contribution is 2.24. The molecule has 1 aromatic heterocycles. The number of carbonyl (C=O) groups is 2. The van der Waals surface area contributed by atoms with Crippen LogP contribution in [0.25, 0.3) is 0 Å². The third-order valence-electron chi connectivity index (χ3n) is 3.83. The summed E-state index contributed by atoms with van der Waals surface area (Å²) in [6.45, 7) is 2.54. The van der Waals surface area contributed by atoms with Crippen LogP contribution in [0.4, 0.5) is 0 Å². The summed E-state index contributed by atoms with van der Waals surface area (Å²) >= 11 is 1.63. The second-order valence-corrected chi connectivity index (χ2v) is 5.83. The van der Waals surface area contributed by atoms with E-state index in [1.54, 1.807) is 16.2 Å². The molecule has 5 heteroatoms. The molecule has 1 aliphatic rings. The minimum atomic E-state index is -0.789. The molecule has 0 saturated carbocycles. The average molecular weight is 281 g/mol. The van der Waals surface area contributed by atoms with Crippen LogP contribution in [0.5, 0.6) is 0 Å². The zero-order chi connectivity index (χ0) is 13.8. The number of hydrogen-bond donors (Lipinski definition) is 1. The van der Waals surface area contributed by atoms with Gasteiger partial charge in [-0.3, -0.25) is 9.59 Å². The van der Waals surface area contributed by atoms with Crippen LogP contribution >= 0.6 is 11.3 Å². The van der Waals surface area contributed by atoms with Crippen LogP contribution in [-0.2, 0) is 16.0 Å². The van der Waals surface area contributed by atoms with Crippen molar-refractivity contribution in [1.82, 2.24) is 4.90 Å². The van der Waals surface area contributed by atoms with E-state index in [0.717, 1.165) is 12.8 Å². The molecule has 0 bridgehead atoms. The molecule has 1 saturated heterocycles. The van der Waals surface area contributed by atoms with Crippen LogP contribution in [0, 0.1) is 5.92 Å². The smallest absolute Gasteiger partial charge is 0.308 e. The Balaban J connectivity index is 1.92. The maximum atomic E-state index is 12.2. The highest BCUT2D eigenvalue weighted by molar-refractivity contribution is 7.07. The molecule has 1 amide bonds. The van der Waals surface area contributed by atoms with Crippen LogP contribution in [0.2, 0.25) is 0 Å². The number of aliphatic carboxylic acids is 1. The number of carboxylic acids is 1. The number of carbonyl (C=O) groups excluding carboxylic acids is 1. The van der Waals surface area contributed by atoms with Crippen molar-refractivity contribution in [2.45, 2.75) is 38.6 Å². The van der Waals surface area contributed by atoms with Crippen molar-refractivity contribution in [3.63, 3.8) is 0 Å². The van der Waals surface area contributed by atoms with Gasteiger partial charge < -0.3 is 10.0 Å². The van der Waals surface area contributed by atoms with Gasteiger partial charge in [-0.15, -0.1) is 0 Å². The molecule has 1 aromatic rings. The number of rotatable bonds is 4. The number of amides is 1. The van der Waals surface area contributed by atoms with Gasteiger partial charge in [-0.25, -0.2) is 0 Å². The van der Waals surface area contributed by atoms with Crippen molar-refractivity contribution < 1.29 is 14.7 Å². The molecule has 1 fully saturated rings. The molecule has 4 nitrogen and oxygen atoms in total. The fourth-order valence-corrected chi connectivity index (χ4v) is 3.36. The molecule has 0 unspecified atom stereocenters. The normalized spacial score (nSPS) is 23.3. The molecule has 1 N–H and O–H groups in total. The topological polar surface area (TPSA) is 57.6 Å². The third kappa shape index (κ3) is 3.35. The Labute approximate surface area is 117 Å².